The molecule has 2 N–H and O–H groups in total. The van der Waals surface area contributed by atoms with E-state index in [0.717, 1.165) is 43.1 Å². The van der Waals surface area contributed by atoms with Crippen LogP contribution >= 0.6 is 0 Å². The molecule has 0 radical (unpaired) electrons. The summed E-state index contributed by atoms with van der Waals surface area (Å²) in [6.45, 7) is 2.14. The number of halogens is 1. The molecular weight excluding hydrogens is 279 g/mol. The Morgan fingerprint density at radius 3 is 2.86 bits per heavy atom. The second kappa shape index (κ2) is 4.82. The van der Waals surface area contributed by atoms with Gasteiger partial charge in [-0.15, -0.1) is 0 Å². The minimum atomic E-state index is -0.311. The van der Waals surface area contributed by atoms with Crippen molar-refractivity contribution in [2.45, 2.75) is 51.0 Å². The van der Waals surface area contributed by atoms with E-state index in [0.29, 0.717) is 24.0 Å². The van der Waals surface area contributed by atoms with Crippen LogP contribution in [-0.4, -0.2) is 16.3 Å². The first-order valence-electron chi connectivity index (χ1n) is 8.33. The van der Waals surface area contributed by atoms with E-state index in [9.17, 15) is 14.6 Å². The summed E-state index contributed by atoms with van der Waals surface area (Å²) in [6.07, 6.45) is 4.97. The van der Waals surface area contributed by atoms with Gasteiger partial charge in [0.15, 0.2) is 0 Å². The topological polar surface area (TPSA) is 40.5 Å². The summed E-state index contributed by atoms with van der Waals surface area (Å²) in [5, 5.41) is 20.1. The molecule has 2 saturated carbocycles. The molecule has 0 bridgehead atoms. The van der Waals surface area contributed by atoms with Crippen LogP contribution in [0.5, 0.6) is 5.75 Å². The zero-order chi connectivity index (χ0) is 15.5. The number of allylic oxidation sites excluding steroid dienone is 1. The Hall–Kier alpha value is -1.35. The first-order chi connectivity index (χ1) is 10.5. The standard InChI is InChI=1S/C19H23FO2/c1-19-9-12(10-20)18-14-5-3-13(21)8-11(14)2-4-15(18)16(19)6-7-17(19)22/h3,5,8,10,15-18,21-22H,2,4,6-7,9H2,1H3/t15-,16-,17-,18+,19-/m0/s1. The van der Waals surface area contributed by atoms with Crippen LogP contribution in [0.25, 0.3) is 0 Å². The van der Waals surface area contributed by atoms with E-state index >= 15 is 0 Å². The van der Waals surface area contributed by atoms with Gasteiger partial charge in [0, 0.05) is 11.3 Å². The molecule has 0 saturated heterocycles. The van der Waals surface area contributed by atoms with Crippen molar-refractivity contribution in [3.8, 4) is 5.75 Å². The van der Waals surface area contributed by atoms with Gasteiger partial charge in [-0.3, -0.25) is 0 Å². The van der Waals surface area contributed by atoms with Gasteiger partial charge in [0.05, 0.1) is 12.4 Å². The van der Waals surface area contributed by atoms with Crippen molar-refractivity contribution >= 4 is 0 Å². The SMILES string of the molecule is C[C@]12CC(=CF)[C@@H]3c4ccc(O)cc4CC[C@H]3[C@@H]1CC[C@@H]2O. The lowest BCUT2D eigenvalue weighted by molar-refractivity contribution is -0.00332. The number of benzene rings is 1. The highest BCUT2D eigenvalue weighted by Crippen LogP contribution is 2.62. The molecule has 0 spiro atoms. The van der Waals surface area contributed by atoms with Crippen molar-refractivity contribution in [2.75, 3.05) is 0 Å². The smallest absolute Gasteiger partial charge is 0.115 e. The predicted molar refractivity (Wildman–Crippen MR) is 83.3 cm³/mol. The predicted octanol–water partition coefficient (Wildman–Crippen LogP) is 4.07. The van der Waals surface area contributed by atoms with Crippen LogP contribution in [0.3, 0.4) is 0 Å². The van der Waals surface area contributed by atoms with E-state index in [1.54, 1.807) is 6.07 Å². The van der Waals surface area contributed by atoms with Crippen LogP contribution in [0.1, 0.15) is 49.7 Å². The number of aliphatic hydroxyl groups is 1. The van der Waals surface area contributed by atoms with Crippen LogP contribution in [0.4, 0.5) is 4.39 Å². The third-order valence-corrected chi connectivity index (χ3v) is 6.64. The summed E-state index contributed by atoms with van der Waals surface area (Å²) in [5.41, 5.74) is 2.99. The van der Waals surface area contributed by atoms with Crippen molar-refractivity contribution < 1.29 is 14.6 Å². The Morgan fingerprint density at radius 1 is 1.27 bits per heavy atom. The number of aryl methyl sites for hydroxylation is 1. The van der Waals surface area contributed by atoms with E-state index in [2.05, 4.69) is 6.92 Å². The molecule has 3 heteroatoms. The lowest BCUT2D eigenvalue weighted by atomic mass is 9.54. The number of hydrogen-bond acceptors (Lipinski definition) is 2. The minimum absolute atomic E-state index is 0.123. The number of aliphatic hydroxyl groups excluding tert-OH is 1. The van der Waals surface area contributed by atoms with Crippen LogP contribution in [0.15, 0.2) is 30.1 Å². The first-order valence-corrected chi connectivity index (χ1v) is 8.33. The molecule has 3 aliphatic carbocycles. The maximum atomic E-state index is 13.7. The summed E-state index contributed by atoms with van der Waals surface area (Å²) in [7, 11) is 0. The quantitative estimate of drug-likeness (QED) is 0.758. The fourth-order valence-corrected chi connectivity index (χ4v) is 5.59. The number of fused-ring (bicyclic) bond motifs is 5. The van der Waals surface area contributed by atoms with E-state index in [4.69, 9.17) is 0 Å². The molecule has 3 aliphatic rings. The molecule has 4 rings (SSSR count). The Morgan fingerprint density at radius 2 is 2.09 bits per heavy atom. The highest BCUT2D eigenvalue weighted by molar-refractivity contribution is 5.44. The number of aromatic hydroxyl groups is 1. The summed E-state index contributed by atoms with van der Waals surface area (Å²) in [4.78, 5) is 0. The zero-order valence-electron chi connectivity index (χ0n) is 12.9. The van der Waals surface area contributed by atoms with Gasteiger partial charge >= 0.3 is 0 Å². The molecule has 2 fully saturated rings. The summed E-state index contributed by atoms with van der Waals surface area (Å²) >= 11 is 0. The average Bonchev–Trinajstić information content (AvgIpc) is 2.81. The molecule has 0 unspecified atom stereocenters. The Labute approximate surface area is 130 Å². The van der Waals surface area contributed by atoms with Crippen LogP contribution in [-0.2, 0) is 6.42 Å². The number of hydrogen-bond donors (Lipinski definition) is 2. The lowest BCUT2D eigenvalue weighted by Crippen LogP contribution is -2.45. The molecule has 118 valence electrons. The van der Waals surface area contributed by atoms with Crippen molar-refractivity contribution in [1.82, 2.24) is 0 Å². The molecular formula is C19H23FO2. The molecule has 0 heterocycles. The Kier molecular flexibility index (Phi) is 3.12. The highest BCUT2D eigenvalue weighted by Gasteiger charge is 2.56. The number of phenolic OH excluding ortho intramolecular Hbond substituents is 1. The summed E-state index contributed by atoms with van der Waals surface area (Å²) in [5.74, 6) is 1.30. The van der Waals surface area contributed by atoms with Gasteiger partial charge < -0.3 is 10.2 Å². The zero-order valence-corrected chi connectivity index (χ0v) is 12.9. The molecule has 5 atom stereocenters. The fraction of sp³-hybridized carbons (Fsp3) is 0.579. The molecule has 22 heavy (non-hydrogen) atoms. The number of phenols is 1. The molecule has 1 aromatic carbocycles. The Bertz CT molecular complexity index is 638. The van der Waals surface area contributed by atoms with Crippen LogP contribution in [0, 0.1) is 17.3 Å². The lowest BCUT2D eigenvalue weighted by Gasteiger charge is -2.51. The fourth-order valence-electron chi connectivity index (χ4n) is 5.59. The number of rotatable bonds is 0. The maximum Gasteiger partial charge on any atom is 0.115 e. The third-order valence-electron chi connectivity index (χ3n) is 6.64. The average molecular weight is 302 g/mol. The molecule has 0 aliphatic heterocycles. The van der Waals surface area contributed by atoms with Crippen molar-refractivity contribution in [2.24, 2.45) is 17.3 Å². The normalized spacial score (nSPS) is 41.9. The second-order valence-corrected chi connectivity index (χ2v) is 7.63. The van der Waals surface area contributed by atoms with Gasteiger partial charge in [-0.05, 0) is 72.8 Å². The Balaban J connectivity index is 1.81. The molecule has 2 nitrogen and oxygen atoms in total. The highest BCUT2D eigenvalue weighted by atomic mass is 19.1. The summed E-state index contributed by atoms with van der Waals surface area (Å²) in [6, 6.07) is 5.52. The van der Waals surface area contributed by atoms with E-state index in [1.165, 1.54) is 5.56 Å². The van der Waals surface area contributed by atoms with Crippen molar-refractivity contribution in [3.05, 3.63) is 41.2 Å². The van der Waals surface area contributed by atoms with Gasteiger partial charge in [-0.2, -0.15) is 0 Å². The molecule has 0 aromatic heterocycles. The molecule has 1 aromatic rings. The van der Waals surface area contributed by atoms with Gasteiger partial charge in [0.1, 0.15) is 5.75 Å². The van der Waals surface area contributed by atoms with E-state index < -0.39 is 0 Å². The van der Waals surface area contributed by atoms with Crippen LogP contribution in [0.2, 0.25) is 0 Å². The van der Waals surface area contributed by atoms with E-state index in [-0.39, 0.29) is 17.4 Å². The molecule has 0 amide bonds. The monoisotopic (exact) mass is 302 g/mol. The third kappa shape index (κ3) is 1.81. The van der Waals surface area contributed by atoms with Crippen molar-refractivity contribution in [3.63, 3.8) is 0 Å². The maximum absolute atomic E-state index is 13.7. The first kappa shape index (κ1) is 14.3. The van der Waals surface area contributed by atoms with Gasteiger partial charge in [-0.25, -0.2) is 4.39 Å². The summed E-state index contributed by atoms with van der Waals surface area (Å²) < 4.78 is 13.7. The minimum Gasteiger partial charge on any atom is -0.508 e. The van der Waals surface area contributed by atoms with Gasteiger partial charge in [0.25, 0.3) is 0 Å². The second-order valence-electron chi connectivity index (χ2n) is 7.63. The van der Waals surface area contributed by atoms with E-state index in [1.807, 2.05) is 12.1 Å². The van der Waals surface area contributed by atoms with Crippen LogP contribution < -0.4 is 0 Å². The van der Waals surface area contributed by atoms with Crippen molar-refractivity contribution in [1.29, 1.82) is 0 Å². The van der Waals surface area contributed by atoms with Gasteiger partial charge in [-0.1, -0.05) is 13.0 Å². The van der Waals surface area contributed by atoms with Gasteiger partial charge in [0.2, 0.25) is 0 Å². The largest absolute Gasteiger partial charge is 0.508 e.